The first-order valence-electron chi connectivity index (χ1n) is 12.5. The number of benzene rings is 4. The highest BCUT2D eigenvalue weighted by molar-refractivity contribution is 5.82. The Morgan fingerprint density at radius 1 is 0.825 bits per heavy atom. The van der Waals surface area contributed by atoms with E-state index < -0.39 is 12.0 Å². The molecule has 40 heavy (non-hydrogen) atoms. The average molecular weight is 557 g/mol. The molecule has 0 radical (unpaired) electrons. The van der Waals surface area contributed by atoms with Crippen LogP contribution in [0.25, 0.3) is 11.0 Å². The molecule has 8 heteroatoms. The predicted molar refractivity (Wildman–Crippen MR) is 148 cm³/mol. The third-order valence-corrected chi connectivity index (χ3v) is 6.10. The molecule has 1 aromatic heterocycles. The molecule has 0 saturated heterocycles. The summed E-state index contributed by atoms with van der Waals surface area (Å²) in [7, 11) is 0. The monoisotopic (exact) mass is 556 g/mol. The number of rotatable bonds is 9. The van der Waals surface area contributed by atoms with E-state index in [-0.39, 0.29) is 34.9 Å². The number of hydrogen-bond donors (Lipinski definition) is 1. The van der Waals surface area contributed by atoms with E-state index in [9.17, 15) is 9.59 Å². The number of carbonyl (C=O) groups excluding carboxylic acids is 1. The summed E-state index contributed by atoms with van der Waals surface area (Å²) in [5.41, 5.74) is 8.04. The molecule has 5 aromatic rings. The minimum Gasteiger partial charge on any atom is -1.00 e. The lowest BCUT2D eigenvalue weighted by molar-refractivity contribution is -0.135. The molecule has 1 heterocycles. The van der Waals surface area contributed by atoms with Gasteiger partial charge in [0.15, 0.2) is 0 Å². The number of esters is 1. The summed E-state index contributed by atoms with van der Waals surface area (Å²) >= 11 is 0. The molecule has 1 atom stereocenters. The maximum absolute atomic E-state index is 13.0. The first kappa shape index (κ1) is 28.4. The summed E-state index contributed by atoms with van der Waals surface area (Å²) < 4.78 is 22.9. The minimum atomic E-state index is -0.882. The molecule has 0 amide bonds. The molecule has 2 N–H and O–H groups in total. The molecular formula is C32H27ClNO6-. The highest BCUT2D eigenvalue weighted by Gasteiger charge is 2.19. The van der Waals surface area contributed by atoms with Gasteiger partial charge in [0.1, 0.15) is 41.2 Å². The lowest BCUT2D eigenvalue weighted by Crippen LogP contribution is -3.00. The van der Waals surface area contributed by atoms with Crippen molar-refractivity contribution in [3.8, 4) is 23.0 Å². The van der Waals surface area contributed by atoms with Crippen LogP contribution in [0.4, 0.5) is 0 Å². The second kappa shape index (κ2) is 13.0. The van der Waals surface area contributed by atoms with Crippen molar-refractivity contribution in [2.45, 2.75) is 26.0 Å². The number of nitrogens with two attached hydrogens (primary N) is 1. The zero-order valence-corrected chi connectivity index (χ0v) is 22.5. The molecule has 5 rings (SSSR count). The summed E-state index contributed by atoms with van der Waals surface area (Å²) in [5.74, 6) is 1.31. The third-order valence-electron chi connectivity index (χ3n) is 6.10. The van der Waals surface area contributed by atoms with E-state index in [1.807, 2.05) is 72.8 Å². The molecule has 0 fully saturated rings. The number of halogens is 1. The van der Waals surface area contributed by atoms with E-state index in [4.69, 9.17) is 24.4 Å². The van der Waals surface area contributed by atoms with E-state index in [0.717, 1.165) is 16.9 Å². The first-order chi connectivity index (χ1) is 19.0. The topological polar surface area (TPSA) is 101 Å². The van der Waals surface area contributed by atoms with Crippen LogP contribution in [-0.4, -0.2) is 12.0 Å². The van der Waals surface area contributed by atoms with Crippen LogP contribution in [0, 0.1) is 6.92 Å². The van der Waals surface area contributed by atoms with Crippen molar-refractivity contribution in [3.63, 3.8) is 0 Å². The van der Waals surface area contributed by atoms with Crippen molar-refractivity contribution in [3.05, 3.63) is 130 Å². The number of hydrogen-bond acceptors (Lipinski definition) is 7. The van der Waals surface area contributed by atoms with E-state index in [0.29, 0.717) is 29.9 Å². The van der Waals surface area contributed by atoms with Gasteiger partial charge in [0.25, 0.3) is 0 Å². The molecule has 7 nitrogen and oxygen atoms in total. The van der Waals surface area contributed by atoms with Gasteiger partial charge in [-0.3, -0.25) is 4.79 Å². The van der Waals surface area contributed by atoms with E-state index >= 15 is 0 Å². The van der Waals surface area contributed by atoms with Crippen molar-refractivity contribution in [1.29, 1.82) is 0 Å². The number of aryl methyl sites for hydroxylation is 1. The van der Waals surface area contributed by atoms with Crippen molar-refractivity contribution >= 4 is 16.9 Å². The number of para-hydroxylation sites is 1. The minimum absolute atomic E-state index is 0. The maximum atomic E-state index is 13.0. The lowest BCUT2D eigenvalue weighted by Gasteiger charge is -2.13. The Morgan fingerprint density at radius 2 is 1.48 bits per heavy atom. The Labute approximate surface area is 237 Å². The largest absolute Gasteiger partial charge is 1.00 e. The summed E-state index contributed by atoms with van der Waals surface area (Å²) in [6.07, 6.45) is 0.291. The smallest absolute Gasteiger partial charge is 0.328 e. The zero-order valence-electron chi connectivity index (χ0n) is 21.7. The molecule has 0 aliphatic carbocycles. The molecule has 0 aliphatic rings. The summed E-state index contributed by atoms with van der Waals surface area (Å²) in [6.45, 7) is 2.12. The Hall–Kier alpha value is -4.59. The van der Waals surface area contributed by atoms with Gasteiger partial charge in [0, 0.05) is 6.07 Å². The fourth-order valence-electron chi connectivity index (χ4n) is 4.05. The highest BCUT2D eigenvalue weighted by Crippen LogP contribution is 2.27. The normalized spacial score (nSPS) is 11.3. The van der Waals surface area contributed by atoms with Crippen molar-refractivity contribution in [2.75, 3.05) is 0 Å². The zero-order chi connectivity index (χ0) is 27.2. The standard InChI is InChI=1S/C32H27NO6.ClH/c1-21-31(38-25-10-6-3-7-11-25)30(34)27-17-16-26(19-29(27)37-21)39-32(35)28(33)18-22-12-14-24(15-13-22)36-20-23-8-4-2-5-9-23;/h2-17,19,28H,18,20,33H2,1H3;1H/p-1. The second-order valence-corrected chi connectivity index (χ2v) is 9.04. The van der Waals surface area contributed by atoms with Crippen molar-refractivity contribution in [1.82, 2.24) is 0 Å². The van der Waals surface area contributed by atoms with Crippen LogP contribution in [0.5, 0.6) is 23.0 Å². The highest BCUT2D eigenvalue weighted by atomic mass is 35.5. The van der Waals surface area contributed by atoms with Gasteiger partial charge >= 0.3 is 5.97 Å². The van der Waals surface area contributed by atoms with Crippen LogP contribution in [0.15, 0.2) is 112 Å². The van der Waals surface area contributed by atoms with E-state index in [2.05, 4.69) is 0 Å². The average Bonchev–Trinajstić information content (AvgIpc) is 2.96. The van der Waals surface area contributed by atoms with Gasteiger partial charge in [-0.1, -0.05) is 60.7 Å². The second-order valence-electron chi connectivity index (χ2n) is 9.04. The fourth-order valence-corrected chi connectivity index (χ4v) is 4.05. The summed E-state index contributed by atoms with van der Waals surface area (Å²) in [6, 6.07) is 30.0. The summed E-state index contributed by atoms with van der Waals surface area (Å²) in [4.78, 5) is 25.7. The van der Waals surface area contributed by atoms with Crippen molar-refractivity contribution in [2.24, 2.45) is 5.73 Å². The van der Waals surface area contributed by atoms with Crippen LogP contribution >= 0.6 is 0 Å². The fraction of sp³-hybridized carbons (Fsp3) is 0.125. The van der Waals surface area contributed by atoms with Crippen LogP contribution in [0.3, 0.4) is 0 Å². The number of carbonyl (C=O) groups is 1. The third kappa shape index (κ3) is 6.88. The van der Waals surface area contributed by atoms with Crippen LogP contribution in [0.2, 0.25) is 0 Å². The molecule has 4 aromatic carbocycles. The van der Waals surface area contributed by atoms with Crippen LogP contribution in [0.1, 0.15) is 16.9 Å². The van der Waals surface area contributed by atoms with Crippen molar-refractivity contribution < 1.29 is 35.8 Å². The maximum Gasteiger partial charge on any atom is 0.328 e. The first-order valence-corrected chi connectivity index (χ1v) is 12.5. The molecule has 0 spiro atoms. The number of ether oxygens (including phenoxy) is 3. The SMILES string of the molecule is Cc1oc2cc(OC(=O)C(N)Cc3ccc(OCc4ccccc4)cc3)ccc2c(=O)c1Oc1ccccc1.[Cl-]. The van der Waals surface area contributed by atoms with Gasteiger partial charge in [-0.25, -0.2) is 4.79 Å². The van der Waals surface area contributed by atoms with E-state index in [1.54, 1.807) is 25.1 Å². The molecular weight excluding hydrogens is 530 g/mol. The Bertz CT molecular complexity index is 1640. The van der Waals surface area contributed by atoms with Gasteiger partial charge in [-0.05, 0) is 60.9 Å². The molecule has 0 saturated carbocycles. The molecule has 1 unspecified atom stereocenters. The molecule has 204 valence electrons. The molecule has 0 aliphatic heterocycles. The van der Waals surface area contributed by atoms with Crippen LogP contribution in [-0.2, 0) is 17.8 Å². The van der Waals surface area contributed by atoms with Gasteiger partial charge in [0.05, 0.1) is 5.39 Å². The van der Waals surface area contributed by atoms with Gasteiger partial charge in [-0.2, -0.15) is 0 Å². The van der Waals surface area contributed by atoms with E-state index in [1.165, 1.54) is 12.1 Å². The molecule has 0 bridgehead atoms. The Balaban J connectivity index is 0.00000370. The Kier molecular flexibility index (Phi) is 9.22. The van der Waals surface area contributed by atoms with Gasteiger partial charge in [0.2, 0.25) is 11.2 Å². The predicted octanol–water partition coefficient (Wildman–Crippen LogP) is 2.95. The van der Waals surface area contributed by atoms with Gasteiger partial charge < -0.3 is 36.8 Å². The van der Waals surface area contributed by atoms with Gasteiger partial charge in [-0.15, -0.1) is 0 Å². The Morgan fingerprint density at radius 3 is 2.17 bits per heavy atom. The quantitative estimate of drug-likeness (QED) is 0.220. The summed E-state index contributed by atoms with van der Waals surface area (Å²) in [5, 5.41) is 0.310. The number of fused-ring (bicyclic) bond motifs is 1. The lowest BCUT2D eigenvalue weighted by atomic mass is 10.1. The van der Waals surface area contributed by atoms with Crippen LogP contribution < -0.4 is 37.8 Å².